The van der Waals surface area contributed by atoms with Crippen LogP contribution in [0.15, 0.2) is 30.4 Å². The van der Waals surface area contributed by atoms with Crippen LogP contribution in [0, 0.1) is 0 Å². The molecule has 1 rings (SSSR count). The van der Waals surface area contributed by atoms with Crippen molar-refractivity contribution in [3.63, 3.8) is 0 Å². The minimum absolute atomic E-state index is 0.918. The van der Waals surface area contributed by atoms with E-state index in [0.717, 1.165) is 18.3 Å². The summed E-state index contributed by atoms with van der Waals surface area (Å²) in [5.74, 6) is 0. The molecule has 0 saturated heterocycles. The van der Waals surface area contributed by atoms with Gasteiger partial charge in [0.05, 0.1) is 0 Å². The van der Waals surface area contributed by atoms with Crippen molar-refractivity contribution in [2.24, 2.45) is 0 Å². The maximum absolute atomic E-state index is 4.23. The molecule has 0 unspecified atom stereocenters. The standard InChI is InChI=1S/C6H3Br3S/c7-3-1-4(8)6(9)5(10)2-3/h1-2,10H. The second-order valence-electron chi connectivity index (χ2n) is 1.72. The molecule has 0 spiro atoms. The van der Waals surface area contributed by atoms with Gasteiger partial charge in [0.2, 0.25) is 0 Å². The molecule has 0 aromatic heterocycles. The van der Waals surface area contributed by atoms with Gasteiger partial charge in [0, 0.05) is 18.3 Å². The van der Waals surface area contributed by atoms with Crippen LogP contribution in [-0.2, 0) is 0 Å². The van der Waals surface area contributed by atoms with Crippen molar-refractivity contribution in [1.29, 1.82) is 0 Å². The molecule has 0 aliphatic rings. The van der Waals surface area contributed by atoms with Gasteiger partial charge in [-0.2, -0.15) is 0 Å². The number of rotatable bonds is 0. The number of hydrogen-bond acceptors (Lipinski definition) is 1. The highest BCUT2D eigenvalue weighted by molar-refractivity contribution is 9.13. The first-order chi connectivity index (χ1) is 4.61. The van der Waals surface area contributed by atoms with Gasteiger partial charge < -0.3 is 0 Å². The first-order valence-corrected chi connectivity index (χ1v) is 5.27. The summed E-state index contributed by atoms with van der Waals surface area (Å²) in [6.45, 7) is 0. The fourth-order valence-electron chi connectivity index (χ4n) is 0.542. The van der Waals surface area contributed by atoms with Crippen molar-refractivity contribution in [3.05, 3.63) is 25.6 Å². The average Bonchev–Trinajstić information content (AvgIpc) is 1.82. The van der Waals surface area contributed by atoms with Gasteiger partial charge in [-0.05, 0) is 44.0 Å². The lowest BCUT2D eigenvalue weighted by atomic mass is 10.4. The first-order valence-electron chi connectivity index (χ1n) is 2.45. The Morgan fingerprint density at radius 3 is 2.20 bits per heavy atom. The van der Waals surface area contributed by atoms with Crippen LogP contribution in [0.25, 0.3) is 0 Å². The molecule has 0 fully saturated rings. The highest BCUT2D eigenvalue weighted by atomic mass is 79.9. The van der Waals surface area contributed by atoms with Crippen molar-refractivity contribution in [2.75, 3.05) is 0 Å². The minimum atomic E-state index is 0.918. The van der Waals surface area contributed by atoms with Gasteiger partial charge in [-0.15, -0.1) is 12.6 Å². The molecule has 0 saturated carbocycles. The van der Waals surface area contributed by atoms with E-state index in [-0.39, 0.29) is 0 Å². The molecule has 0 atom stereocenters. The van der Waals surface area contributed by atoms with Crippen molar-refractivity contribution in [1.82, 2.24) is 0 Å². The maximum Gasteiger partial charge on any atom is 0.0451 e. The largest absolute Gasteiger partial charge is 0.142 e. The van der Waals surface area contributed by atoms with Crippen LogP contribution < -0.4 is 0 Å². The van der Waals surface area contributed by atoms with E-state index < -0.39 is 0 Å². The van der Waals surface area contributed by atoms with Gasteiger partial charge >= 0.3 is 0 Å². The highest BCUT2D eigenvalue weighted by Crippen LogP contribution is 2.32. The summed E-state index contributed by atoms with van der Waals surface area (Å²) in [6.07, 6.45) is 0. The van der Waals surface area contributed by atoms with E-state index in [4.69, 9.17) is 0 Å². The maximum atomic E-state index is 4.23. The Morgan fingerprint density at radius 1 is 1.10 bits per heavy atom. The number of benzene rings is 1. The summed E-state index contributed by atoms with van der Waals surface area (Å²) in [4.78, 5) is 0.918. The van der Waals surface area contributed by atoms with Crippen LogP contribution in [0.1, 0.15) is 0 Å². The van der Waals surface area contributed by atoms with E-state index in [0.29, 0.717) is 0 Å². The Hall–Kier alpha value is 1.01. The monoisotopic (exact) mass is 344 g/mol. The summed E-state index contributed by atoms with van der Waals surface area (Å²) >= 11 is 14.3. The Kier molecular flexibility index (Phi) is 3.28. The summed E-state index contributed by atoms with van der Waals surface area (Å²) in [5, 5.41) is 0. The lowest BCUT2D eigenvalue weighted by Crippen LogP contribution is -1.73. The predicted molar refractivity (Wildman–Crippen MR) is 56.8 cm³/mol. The zero-order chi connectivity index (χ0) is 7.72. The van der Waals surface area contributed by atoms with E-state index in [1.165, 1.54) is 0 Å². The van der Waals surface area contributed by atoms with E-state index in [9.17, 15) is 0 Å². The molecule has 1 aromatic carbocycles. The Balaban J connectivity index is 3.31. The smallest absolute Gasteiger partial charge is 0.0451 e. The molecule has 0 nitrogen and oxygen atoms in total. The van der Waals surface area contributed by atoms with E-state index in [1.54, 1.807) is 0 Å². The van der Waals surface area contributed by atoms with E-state index >= 15 is 0 Å². The second kappa shape index (κ2) is 3.61. The number of thiol groups is 1. The normalized spacial score (nSPS) is 10.0. The van der Waals surface area contributed by atoms with Gasteiger partial charge in [-0.1, -0.05) is 15.9 Å². The second-order valence-corrected chi connectivity index (χ2v) is 4.77. The molecule has 0 radical (unpaired) electrons. The lowest BCUT2D eigenvalue weighted by Gasteiger charge is -1.99. The van der Waals surface area contributed by atoms with Crippen LogP contribution >= 0.6 is 60.4 Å². The quantitative estimate of drug-likeness (QED) is 0.526. The highest BCUT2D eigenvalue weighted by Gasteiger charge is 2.01. The summed E-state index contributed by atoms with van der Waals surface area (Å²) in [7, 11) is 0. The molecule has 54 valence electrons. The molecule has 4 heteroatoms. The third-order valence-corrected chi connectivity index (χ3v) is 4.10. The van der Waals surface area contributed by atoms with Gasteiger partial charge in [0.25, 0.3) is 0 Å². The molecular weight excluding hydrogens is 344 g/mol. The molecule has 10 heavy (non-hydrogen) atoms. The van der Waals surface area contributed by atoms with Crippen LogP contribution in [0.2, 0.25) is 0 Å². The Morgan fingerprint density at radius 2 is 1.70 bits per heavy atom. The summed E-state index contributed by atoms with van der Waals surface area (Å²) < 4.78 is 3.01. The number of halogens is 3. The molecule has 1 aromatic rings. The zero-order valence-electron chi connectivity index (χ0n) is 4.74. The van der Waals surface area contributed by atoms with E-state index in [1.807, 2.05) is 12.1 Å². The molecule has 0 heterocycles. The van der Waals surface area contributed by atoms with Gasteiger partial charge in [-0.3, -0.25) is 0 Å². The van der Waals surface area contributed by atoms with Crippen LogP contribution in [0.5, 0.6) is 0 Å². The zero-order valence-corrected chi connectivity index (χ0v) is 10.4. The molecule has 0 aliphatic heterocycles. The SMILES string of the molecule is Sc1cc(Br)cc(Br)c1Br. The minimum Gasteiger partial charge on any atom is -0.142 e. The molecule has 0 N–H and O–H groups in total. The third kappa shape index (κ3) is 2.00. The molecule has 0 bridgehead atoms. The van der Waals surface area contributed by atoms with Crippen molar-refractivity contribution in [2.45, 2.75) is 4.90 Å². The van der Waals surface area contributed by atoms with Crippen molar-refractivity contribution >= 4 is 60.4 Å². The molecule has 0 amide bonds. The van der Waals surface area contributed by atoms with Gasteiger partial charge in [0.1, 0.15) is 0 Å². The summed E-state index contributed by atoms with van der Waals surface area (Å²) in [6, 6.07) is 3.89. The first kappa shape index (κ1) is 9.10. The van der Waals surface area contributed by atoms with Crippen LogP contribution in [-0.4, -0.2) is 0 Å². The Bertz CT molecular complexity index is 236. The fourth-order valence-corrected chi connectivity index (χ4v) is 2.59. The van der Waals surface area contributed by atoms with E-state index in [2.05, 4.69) is 60.4 Å². The average molecular weight is 347 g/mol. The number of hydrogen-bond donors (Lipinski definition) is 1. The van der Waals surface area contributed by atoms with Crippen molar-refractivity contribution < 1.29 is 0 Å². The van der Waals surface area contributed by atoms with Gasteiger partial charge in [-0.25, -0.2) is 0 Å². The van der Waals surface area contributed by atoms with Crippen molar-refractivity contribution in [3.8, 4) is 0 Å². The van der Waals surface area contributed by atoms with Gasteiger partial charge in [0.15, 0.2) is 0 Å². The fraction of sp³-hybridized carbons (Fsp3) is 0. The predicted octanol–water partition coefficient (Wildman–Crippen LogP) is 4.26. The lowest BCUT2D eigenvalue weighted by molar-refractivity contribution is 1.36. The third-order valence-electron chi connectivity index (χ3n) is 0.974. The Labute approximate surface area is 90.2 Å². The van der Waals surface area contributed by atoms with Crippen LogP contribution in [0.3, 0.4) is 0 Å². The summed E-state index contributed by atoms with van der Waals surface area (Å²) in [5.41, 5.74) is 0. The van der Waals surface area contributed by atoms with Crippen LogP contribution in [0.4, 0.5) is 0 Å². The topological polar surface area (TPSA) is 0 Å². The molecule has 0 aliphatic carbocycles. The molecular formula is C6H3Br3S.